The Balaban J connectivity index is 1.74. The summed E-state index contributed by atoms with van der Waals surface area (Å²) in [5.74, 6) is 0.860. The Morgan fingerprint density at radius 3 is 2.38 bits per heavy atom. The minimum absolute atomic E-state index is 0.0551. The zero-order valence-electron chi connectivity index (χ0n) is 18.6. The summed E-state index contributed by atoms with van der Waals surface area (Å²) in [7, 11) is -2.00. The Hall–Kier alpha value is -0.624. The van der Waals surface area contributed by atoms with E-state index in [2.05, 4.69) is 53.8 Å². The van der Waals surface area contributed by atoms with Crippen molar-refractivity contribution >= 4 is 22.8 Å². The van der Waals surface area contributed by atoms with E-state index in [0.717, 1.165) is 12.0 Å². The molecule has 3 saturated carbocycles. The van der Waals surface area contributed by atoms with Crippen molar-refractivity contribution < 1.29 is 15.9 Å². The summed E-state index contributed by atoms with van der Waals surface area (Å²) in [6, 6.07) is 10.0. The molecule has 1 aromatic carbocycles. The van der Waals surface area contributed by atoms with E-state index in [0.29, 0.717) is 11.8 Å². The van der Waals surface area contributed by atoms with E-state index < -0.39 is 22.8 Å². The second-order valence-electron chi connectivity index (χ2n) is 10.9. The van der Waals surface area contributed by atoms with E-state index in [4.69, 9.17) is 12.1 Å². The third-order valence-electron chi connectivity index (χ3n) is 7.84. The third kappa shape index (κ3) is 3.66. The number of benzene rings is 1. The molecule has 1 unspecified atom stereocenters. The quantitative estimate of drug-likeness (QED) is 0.419. The van der Waals surface area contributed by atoms with Crippen LogP contribution in [0.15, 0.2) is 42.0 Å². The Bertz CT molecular complexity index is 827. The molecule has 1 aromatic rings. The van der Waals surface area contributed by atoms with Crippen LogP contribution in [0.25, 0.3) is 0 Å². The number of hydrogen-bond acceptors (Lipinski definition) is 4. The fourth-order valence-electron chi connectivity index (χ4n) is 4.85. The van der Waals surface area contributed by atoms with Gasteiger partial charge in [0.2, 0.25) is 0 Å². The van der Waals surface area contributed by atoms with Gasteiger partial charge in [-0.05, 0) is 0 Å². The molecule has 1 heterocycles. The Labute approximate surface area is 180 Å². The van der Waals surface area contributed by atoms with Crippen molar-refractivity contribution in [2.24, 2.45) is 17.3 Å². The maximum atomic E-state index is 12.8. The topological polar surface area (TPSA) is 44.8 Å². The van der Waals surface area contributed by atoms with Crippen molar-refractivity contribution in [3.05, 3.63) is 47.5 Å². The standard InChI is InChI=1S/C23H34O4SeSi/c1-22(2,3)29(6,7)27-21-18-14-17(23(18,4)5)16-13-19(15-11-9-8-10-12-15)25-28(24)26-20(16)21/h8-13,17-21H,14H2,1-7H3/t17-,18+,19-,20+,21+,28?/m0/s1. The molecular weight excluding hydrogens is 447 g/mol. The van der Waals surface area contributed by atoms with Crippen molar-refractivity contribution in [1.82, 2.24) is 0 Å². The van der Waals surface area contributed by atoms with E-state index in [1.807, 2.05) is 30.3 Å². The van der Waals surface area contributed by atoms with Gasteiger partial charge >= 0.3 is 181 Å². The molecule has 4 nitrogen and oxygen atoms in total. The van der Waals surface area contributed by atoms with Gasteiger partial charge in [-0.2, -0.15) is 0 Å². The minimum atomic E-state index is -2.87. The van der Waals surface area contributed by atoms with Gasteiger partial charge in [-0.15, -0.1) is 0 Å². The van der Waals surface area contributed by atoms with Gasteiger partial charge in [0.25, 0.3) is 0 Å². The van der Waals surface area contributed by atoms with Crippen LogP contribution in [-0.2, 0) is 15.9 Å². The molecule has 3 fully saturated rings. The molecule has 0 saturated heterocycles. The Kier molecular flexibility index (Phi) is 5.38. The van der Waals surface area contributed by atoms with Crippen LogP contribution in [0, 0.1) is 17.3 Å². The molecule has 0 spiro atoms. The van der Waals surface area contributed by atoms with Gasteiger partial charge in [0.15, 0.2) is 0 Å². The first-order valence-corrected chi connectivity index (χ1v) is 15.6. The first-order valence-electron chi connectivity index (χ1n) is 10.6. The van der Waals surface area contributed by atoms with Gasteiger partial charge in [0, 0.05) is 0 Å². The molecule has 0 aromatic heterocycles. The van der Waals surface area contributed by atoms with Crippen LogP contribution in [0.3, 0.4) is 0 Å². The van der Waals surface area contributed by atoms with Crippen molar-refractivity contribution in [1.29, 1.82) is 0 Å². The first kappa shape index (κ1) is 21.6. The Morgan fingerprint density at radius 1 is 1.14 bits per heavy atom. The van der Waals surface area contributed by atoms with Crippen LogP contribution < -0.4 is 0 Å². The summed E-state index contributed by atoms with van der Waals surface area (Å²) in [5.41, 5.74) is 2.41. The second kappa shape index (κ2) is 7.22. The average Bonchev–Trinajstić information content (AvgIpc) is 2.79. The number of hydrogen-bond donors (Lipinski definition) is 0. The van der Waals surface area contributed by atoms with E-state index >= 15 is 0 Å². The molecule has 3 aliphatic carbocycles. The molecule has 6 atom stereocenters. The molecule has 4 aliphatic rings. The van der Waals surface area contributed by atoms with Crippen LogP contribution in [0.4, 0.5) is 0 Å². The molecular formula is C23H34O4SeSi. The maximum absolute atomic E-state index is 12.8. The fraction of sp³-hybridized carbons (Fsp3) is 0.652. The van der Waals surface area contributed by atoms with Gasteiger partial charge in [-0.1, -0.05) is 0 Å². The van der Waals surface area contributed by atoms with Gasteiger partial charge in [0.05, 0.1) is 0 Å². The van der Waals surface area contributed by atoms with Crippen LogP contribution in [0.5, 0.6) is 0 Å². The van der Waals surface area contributed by atoms with Crippen LogP contribution in [0.2, 0.25) is 18.1 Å². The molecule has 1 aliphatic heterocycles. The summed E-state index contributed by atoms with van der Waals surface area (Å²) in [4.78, 5) is 0. The van der Waals surface area contributed by atoms with Gasteiger partial charge in [-0.3, -0.25) is 0 Å². The van der Waals surface area contributed by atoms with Crippen molar-refractivity contribution in [2.75, 3.05) is 0 Å². The summed E-state index contributed by atoms with van der Waals surface area (Å²) in [6.07, 6.45) is 2.67. The SMILES string of the molecule is CC1(C)[C@@H]2C[C@H]1C1=C[C@@H](c3ccccc3)O[Se](=O)O[C@H]1[C@@H]2O[Si](C)(C)C(C)(C)C. The monoisotopic (exact) mass is 482 g/mol. The summed E-state index contributed by atoms with van der Waals surface area (Å²) in [5, 5.41) is 0.114. The zero-order chi connectivity index (χ0) is 21.2. The van der Waals surface area contributed by atoms with Crippen molar-refractivity contribution in [3.8, 4) is 0 Å². The second-order valence-corrected chi connectivity index (χ2v) is 17.3. The van der Waals surface area contributed by atoms with E-state index in [-0.39, 0.29) is 28.8 Å². The third-order valence-corrected chi connectivity index (χ3v) is 13.8. The molecule has 0 N–H and O–H groups in total. The van der Waals surface area contributed by atoms with E-state index in [1.165, 1.54) is 5.57 Å². The molecule has 160 valence electrons. The fourth-order valence-corrected chi connectivity index (χ4v) is 7.79. The summed E-state index contributed by atoms with van der Waals surface area (Å²) >= 11 is -2.87. The van der Waals surface area contributed by atoms with Crippen LogP contribution in [0.1, 0.15) is 52.7 Å². The molecule has 5 rings (SSSR count). The van der Waals surface area contributed by atoms with E-state index in [9.17, 15) is 3.83 Å². The Morgan fingerprint density at radius 2 is 1.79 bits per heavy atom. The molecule has 0 radical (unpaired) electrons. The normalized spacial score (nSPS) is 36.4. The van der Waals surface area contributed by atoms with Gasteiger partial charge in [-0.25, -0.2) is 0 Å². The number of rotatable bonds is 3. The van der Waals surface area contributed by atoms with Gasteiger partial charge < -0.3 is 0 Å². The zero-order valence-corrected chi connectivity index (χ0v) is 21.3. The van der Waals surface area contributed by atoms with E-state index in [1.54, 1.807) is 0 Å². The first-order chi connectivity index (χ1) is 13.4. The summed E-state index contributed by atoms with van der Waals surface area (Å²) < 4.78 is 31.7. The van der Waals surface area contributed by atoms with Crippen LogP contribution >= 0.6 is 0 Å². The van der Waals surface area contributed by atoms with Crippen molar-refractivity contribution in [2.45, 2.75) is 77.5 Å². The van der Waals surface area contributed by atoms with Crippen LogP contribution in [-0.4, -0.2) is 35.0 Å². The van der Waals surface area contributed by atoms with Gasteiger partial charge in [0.1, 0.15) is 0 Å². The summed E-state index contributed by atoms with van der Waals surface area (Å²) in [6.45, 7) is 16.1. The average molecular weight is 482 g/mol. The molecule has 29 heavy (non-hydrogen) atoms. The molecule has 6 heteroatoms. The molecule has 0 amide bonds. The predicted octanol–water partition coefficient (Wildman–Crippen LogP) is 5.55. The predicted molar refractivity (Wildman–Crippen MR) is 117 cm³/mol. The molecule has 2 bridgehead atoms. The van der Waals surface area contributed by atoms with Crippen molar-refractivity contribution in [3.63, 3.8) is 0 Å².